The Morgan fingerprint density at radius 2 is 1.86 bits per heavy atom. The normalized spacial score (nSPS) is 11.0. The summed E-state index contributed by atoms with van der Waals surface area (Å²) in [5.41, 5.74) is 3.25. The molecule has 0 unspecified atom stereocenters. The molecule has 0 saturated heterocycles. The fraction of sp³-hybridized carbons (Fsp3) is 0.308. The van der Waals surface area contributed by atoms with E-state index < -0.39 is 0 Å². The van der Waals surface area contributed by atoms with E-state index in [-0.39, 0.29) is 0 Å². The summed E-state index contributed by atoms with van der Waals surface area (Å²) in [6.07, 6.45) is 0. The molecule has 0 aliphatic heterocycles. The molecule has 0 N–H and O–H groups in total. The summed E-state index contributed by atoms with van der Waals surface area (Å²) >= 11 is 1.46. The number of hydrogen-bond acceptors (Lipinski definition) is 7. The van der Waals surface area contributed by atoms with E-state index in [0.717, 1.165) is 16.8 Å². The lowest BCUT2D eigenvalue weighted by atomic mass is 10.1. The molecule has 108 valence electrons. The van der Waals surface area contributed by atoms with Gasteiger partial charge in [0.2, 0.25) is 16.9 Å². The number of tetrazole rings is 1. The van der Waals surface area contributed by atoms with Crippen LogP contribution in [0.3, 0.4) is 0 Å². The maximum atomic E-state index is 5.35. The summed E-state index contributed by atoms with van der Waals surface area (Å²) in [6, 6.07) is 6.10. The zero-order valence-electron chi connectivity index (χ0n) is 11.9. The fourth-order valence-electron chi connectivity index (χ4n) is 2.07. The molecule has 0 aliphatic rings. The van der Waals surface area contributed by atoms with E-state index in [1.54, 1.807) is 11.6 Å². The third kappa shape index (κ3) is 2.80. The Balaban J connectivity index is 1.87. The van der Waals surface area contributed by atoms with Gasteiger partial charge in [-0.25, -0.2) is 0 Å². The molecule has 7 nitrogen and oxygen atoms in total. The van der Waals surface area contributed by atoms with Crippen molar-refractivity contribution in [3.8, 4) is 5.69 Å². The molecule has 0 saturated carbocycles. The van der Waals surface area contributed by atoms with Crippen LogP contribution in [0.4, 0.5) is 0 Å². The lowest BCUT2D eigenvalue weighted by molar-refractivity contribution is 0.485. The summed E-state index contributed by atoms with van der Waals surface area (Å²) in [6.45, 7) is 5.85. The van der Waals surface area contributed by atoms with Gasteiger partial charge in [-0.3, -0.25) is 0 Å². The number of nitrogens with zero attached hydrogens (tertiary/aromatic N) is 6. The van der Waals surface area contributed by atoms with E-state index in [9.17, 15) is 0 Å². The number of benzene rings is 1. The SMILES string of the molecule is Cc1nnc(CSc2nnnn2-c2c(C)cccc2C)o1. The van der Waals surface area contributed by atoms with Crippen LogP contribution in [0.25, 0.3) is 5.69 Å². The summed E-state index contributed by atoms with van der Waals surface area (Å²) in [5, 5.41) is 20.4. The first kappa shape index (κ1) is 13.7. The molecule has 0 spiro atoms. The van der Waals surface area contributed by atoms with Crippen LogP contribution in [-0.2, 0) is 5.75 Å². The number of aromatic nitrogens is 6. The molecule has 0 bridgehead atoms. The van der Waals surface area contributed by atoms with Crippen molar-refractivity contribution < 1.29 is 4.42 Å². The van der Waals surface area contributed by atoms with Crippen LogP contribution in [0.15, 0.2) is 27.8 Å². The molecular weight excluding hydrogens is 288 g/mol. The maximum Gasteiger partial charge on any atom is 0.226 e. The smallest absolute Gasteiger partial charge is 0.226 e. The van der Waals surface area contributed by atoms with Crippen LogP contribution < -0.4 is 0 Å². The largest absolute Gasteiger partial charge is 0.425 e. The topological polar surface area (TPSA) is 82.5 Å². The van der Waals surface area contributed by atoms with Crippen molar-refractivity contribution >= 4 is 11.8 Å². The highest BCUT2D eigenvalue weighted by atomic mass is 32.2. The summed E-state index contributed by atoms with van der Waals surface area (Å²) in [7, 11) is 0. The second-order valence-electron chi connectivity index (χ2n) is 4.62. The van der Waals surface area contributed by atoms with Gasteiger partial charge in [0.25, 0.3) is 0 Å². The Bertz CT molecular complexity index is 745. The Kier molecular flexibility index (Phi) is 3.70. The number of hydrogen-bond donors (Lipinski definition) is 0. The first-order valence-corrected chi connectivity index (χ1v) is 7.40. The van der Waals surface area contributed by atoms with E-state index in [2.05, 4.69) is 25.7 Å². The lowest BCUT2D eigenvalue weighted by Gasteiger charge is -2.09. The minimum Gasteiger partial charge on any atom is -0.425 e. The monoisotopic (exact) mass is 302 g/mol. The molecule has 0 atom stereocenters. The molecular formula is C13H14N6OS. The Labute approximate surface area is 125 Å². The van der Waals surface area contributed by atoms with Crippen LogP contribution in [0.2, 0.25) is 0 Å². The van der Waals surface area contributed by atoms with Crippen molar-refractivity contribution in [1.82, 2.24) is 30.4 Å². The first-order valence-electron chi connectivity index (χ1n) is 6.42. The van der Waals surface area contributed by atoms with Gasteiger partial charge < -0.3 is 4.42 Å². The molecule has 1 aromatic carbocycles. The second-order valence-corrected chi connectivity index (χ2v) is 5.56. The Morgan fingerprint density at radius 3 is 2.52 bits per heavy atom. The van der Waals surface area contributed by atoms with Crippen molar-refractivity contribution in [2.75, 3.05) is 0 Å². The van der Waals surface area contributed by atoms with Gasteiger partial charge in [-0.05, 0) is 35.4 Å². The van der Waals surface area contributed by atoms with Gasteiger partial charge in [0, 0.05) is 6.92 Å². The number of rotatable bonds is 4. The highest BCUT2D eigenvalue weighted by molar-refractivity contribution is 7.98. The van der Waals surface area contributed by atoms with Gasteiger partial charge in [-0.15, -0.1) is 15.3 Å². The van der Waals surface area contributed by atoms with Crippen LogP contribution in [0, 0.1) is 20.8 Å². The fourth-order valence-corrected chi connectivity index (χ4v) is 2.78. The minimum atomic E-state index is 0.534. The van der Waals surface area contributed by atoms with Crippen molar-refractivity contribution in [3.05, 3.63) is 41.1 Å². The van der Waals surface area contributed by atoms with Crippen LogP contribution in [0.1, 0.15) is 22.9 Å². The molecule has 21 heavy (non-hydrogen) atoms. The summed E-state index contributed by atoms with van der Waals surface area (Å²) in [4.78, 5) is 0. The molecule has 0 radical (unpaired) electrons. The predicted octanol–water partition coefficient (Wildman–Crippen LogP) is 2.26. The summed E-state index contributed by atoms with van der Waals surface area (Å²) < 4.78 is 7.10. The van der Waals surface area contributed by atoms with Crippen molar-refractivity contribution in [2.24, 2.45) is 0 Å². The van der Waals surface area contributed by atoms with E-state index in [0.29, 0.717) is 22.7 Å². The third-order valence-electron chi connectivity index (χ3n) is 2.98. The lowest BCUT2D eigenvalue weighted by Crippen LogP contribution is -2.04. The van der Waals surface area contributed by atoms with Crippen LogP contribution in [-0.4, -0.2) is 30.4 Å². The molecule has 0 amide bonds. The van der Waals surface area contributed by atoms with Gasteiger partial charge in [-0.2, -0.15) is 4.68 Å². The van der Waals surface area contributed by atoms with Crippen molar-refractivity contribution in [2.45, 2.75) is 31.7 Å². The van der Waals surface area contributed by atoms with E-state index in [1.165, 1.54) is 11.8 Å². The van der Waals surface area contributed by atoms with Gasteiger partial charge >= 0.3 is 0 Å². The predicted molar refractivity (Wildman–Crippen MR) is 77.2 cm³/mol. The zero-order chi connectivity index (χ0) is 14.8. The Morgan fingerprint density at radius 1 is 1.10 bits per heavy atom. The van der Waals surface area contributed by atoms with E-state index in [4.69, 9.17) is 4.42 Å². The number of para-hydroxylation sites is 1. The molecule has 3 rings (SSSR count). The van der Waals surface area contributed by atoms with Gasteiger partial charge in [0.15, 0.2) is 0 Å². The van der Waals surface area contributed by atoms with E-state index >= 15 is 0 Å². The molecule has 0 fully saturated rings. The van der Waals surface area contributed by atoms with Gasteiger partial charge in [0.05, 0.1) is 11.4 Å². The first-order chi connectivity index (χ1) is 10.1. The van der Waals surface area contributed by atoms with Crippen LogP contribution >= 0.6 is 11.8 Å². The highest BCUT2D eigenvalue weighted by Crippen LogP contribution is 2.25. The van der Waals surface area contributed by atoms with Crippen LogP contribution in [0.5, 0.6) is 0 Å². The van der Waals surface area contributed by atoms with Crippen molar-refractivity contribution in [1.29, 1.82) is 0 Å². The average molecular weight is 302 g/mol. The minimum absolute atomic E-state index is 0.534. The quantitative estimate of drug-likeness (QED) is 0.683. The standard InChI is InChI=1S/C13H14N6OS/c1-8-5-4-6-9(2)12(8)19-13(16-17-18-19)21-7-11-15-14-10(3)20-11/h4-6H,7H2,1-3H3. The molecule has 3 aromatic rings. The maximum absolute atomic E-state index is 5.35. The van der Waals surface area contributed by atoms with Gasteiger partial charge in [0.1, 0.15) is 0 Å². The zero-order valence-corrected chi connectivity index (χ0v) is 12.8. The number of aryl methyl sites for hydroxylation is 3. The van der Waals surface area contributed by atoms with Gasteiger partial charge in [-0.1, -0.05) is 30.0 Å². The molecule has 8 heteroatoms. The molecule has 2 heterocycles. The van der Waals surface area contributed by atoms with E-state index in [1.807, 2.05) is 32.0 Å². The third-order valence-corrected chi connectivity index (χ3v) is 3.89. The highest BCUT2D eigenvalue weighted by Gasteiger charge is 2.14. The van der Waals surface area contributed by atoms with Crippen molar-refractivity contribution in [3.63, 3.8) is 0 Å². The molecule has 2 aromatic heterocycles. The number of thioether (sulfide) groups is 1. The second kappa shape index (κ2) is 5.65. The summed E-state index contributed by atoms with van der Waals surface area (Å²) in [5.74, 6) is 1.65. The molecule has 0 aliphatic carbocycles. The average Bonchev–Trinajstić information content (AvgIpc) is 3.05. The Hall–Kier alpha value is -2.22.